The van der Waals surface area contributed by atoms with Crippen LogP contribution in [0.25, 0.3) is 0 Å². The molecule has 0 heterocycles. The number of halogens is 1. The van der Waals surface area contributed by atoms with Gasteiger partial charge in [-0.2, -0.15) is 0 Å². The van der Waals surface area contributed by atoms with E-state index >= 15 is 0 Å². The Hall–Kier alpha value is -0.540. The lowest BCUT2D eigenvalue weighted by Gasteiger charge is -2.21. The van der Waals surface area contributed by atoms with Gasteiger partial charge in [-0.3, -0.25) is 0 Å². The van der Waals surface area contributed by atoms with Crippen LogP contribution in [0.4, 0.5) is 4.39 Å². The topological polar surface area (TPSA) is 12.0 Å². The summed E-state index contributed by atoms with van der Waals surface area (Å²) in [6, 6.07) is 5.71. The summed E-state index contributed by atoms with van der Waals surface area (Å²) in [6.07, 6.45) is 6.43. The third-order valence-corrected chi connectivity index (χ3v) is 5.11. The van der Waals surface area contributed by atoms with E-state index < -0.39 is 0 Å². The maximum atomic E-state index is 14.1. The number of nitrogens with one attached hydrogen (secondary N) is 1. The van der Waals surface area contributed by atoms with Crippen molar-refractivity contribution in [2.24, 2.45) is 5.92 Å². The first-order valence-electron chi connectivity index (χ1n) is 7.81. The number of benzene rings is 1. The van der Waals surface area contributed by atoms with Gasteiger partial charge in [0.05, 0.1) is 0 Å². The van der Waals surface area contributed by atoms with Gasteiger partial charge in [0, 0.05) is 16.7 Å². The number of hydrogen-bond donors (Lipinski definition) is 1. The van der Waals surface area contributed by atoms with Gasteiger partial charge in [0.25, 0.3) is 0 Å². The molecule has 0 spiro atoms. The van der Waals surface area contributed by atoms with Crippen LogP contribution in [-0.4, -0.2) is 11.8 Å². The van der Waals surface area contributed by atoms with Crippen LogP contribution in [0.1, 0.15) is 51.5 Å². The molecule has 0 atom stereocenters. The van der Waals surface area contributed by atoms with E-state index in [0.717, 1.165) is 23.5 Å². The minimum absolute atomic E-state index is 0.0515. The van der Waals surface area contributed by atoms with Crippen molar-refractivity contribution < 1.29 is 4.39 Å². The van der Waals surface area contributed by atoms with Crippen molar-refractivity contribution in [3.05, 3.63) is 29.6 Å². The van der Waals surface area contributed by atoms with Crippen LogP contribution in [0.15, 0.2) is 23.1 Å². The molecule has 112 valence electrons. The molecule has 1 fully saturated rings. The molecule has 20 heavy (non-hydrogen) atoms. The number of hydrogen-bond acceptors (Lipinski definition) is 2. The van der Waals surface area contributed by atoms with E-state index in [9.17, 15) is 4.39 Å². The van der Waals surface area contributed by atoms with E-state index in [4.69, 9.17) is 0 Å². The number of thioether (sulfide) groups is 1. The molecule has 1 aromatic carbocycles. The largest absolute Gasteiger partial charge is 0.312 e. The third kappa shape index (κ3) is 5.10. The van der Waals surface area contributed by atoms with Crippen molar-refractivity contribution in [2.75, 3.05) is 6.54 Å². The monoisotopic (exact) mass is 295 g/mol. The van der Waals surface area contributed by atoms with E-state index in [1.165, 1.54) is 32.1 Å². The summed E-state index contributed by atoms with van der Waals surface area (Å²) in [5.41, 5.74) is 1.04. The highest BCUT2D eigenvalue weighted by molar-refractivity contribution is 8.00. The molecule has 0 radical (unpaired) electrons. The van der Waals surface area contributed by atoms with Crippen molar-refractivity contribution in [3.8, 4) is 0 Å². The van der Waals surface area contributed by atoms with Crippen molar-refractivity contribution >= 4 is 11.8 Å². The number of rotatable bonds is 6. The van der Waals surface area contributed by atoms with Crippen LogP contribution in [0.5, 0.6) is 0 Å². The highest BCUT2D eigenvalue weighted by Crippen LogP contribution is 2.34. The van der Waals surface area contributed by atoms with E-state index in [1.54, 1.807) is 17.8 Å². The van der Waals surface area contributed by atoms with Crippen molar-refractivity contribution in [3.63, 3.8) is 0 Å². The van der Waals surface area contributed by atoms with E-state index in [1.807, 2.05) is 6.07 Å². The van der Waals surface area contributed by atoms with Gasteiger partial charge in [-0.25, -0.2) is 4.39 Å². The van der Waals surface area contributed by atoms with Gasteiger partial charge in [0.15, 0.2) is 0 Å². The Bertz CT molecular complexity index is 413. The minimum atomic E-state index is -0.0515. The van der Waals surface area contributed by atoms with Crippen molar-refractivity contribution in [1.82, 2.24) is 5.32 Å². The zero-order valence-electron chi connectivity index (χ0n) is 12.6. The Kier molecular flexibility index (Phi) is 6.37. The van der Waals surface area contributed by atoms with Gasteiger partial charge in [-0.1, -0.05) is 39.2 Å². The molecule has 3 heteroatoms. The summed E-state index contributed by atoms with van der Waals surface area (Å²) >= 11 is 1.73. The van der Waals surface area contributed by atoms with Gasteiger partial charge >= 0.3 is 0 Å². The first-order valence-corrected chi connectivity index (χ1v) is 8.69. The summed E-state index contributed by atoms with van der Waals surface area (Å²) in [6.45, 7) is 6.08. The van der Waals surface area contributed by atoms with E-state index in [2.05, 4.69) is 25.2 Å². The molecule has 0 bridgehead atoms. The molecule has 0 amide bonds. The lowest BCUT2D eigenvalue weighted by Crippen LogP contribution is -2.19. The molecule has 1 aliphatic rings. The van der Waals surface area contributed by atoms with Crippen molar-refractivity contribution in [2.45, 2.75) is 62.6 Å². The smallest absolute Gasteiger partial charge is 0.137 e. The molecule has 0 unspecified atom stereocenters. The maximum absolute atomic E-state index is 14.1. The molecule has 2 rings (SSSR count). The Morgan fingerprint density at radius 3 is 2.65 bits per heavy atom. The average molecular weight is 295 g/mol. The summed E-state index contributed by atoms with van der Waals surface area (Å²) in [5.74, 6) is 0.574. The second kappa shape index (κ2) is 8.04. The lowest BCUT2D eigenvalue weighted by atomic mass is 10.0. The van der Waals surface area contributed by atoms with Crippen LogP contribution in [-0.2, 0) is 6.54 Å². The van der Waals surface area contributed by atoms with Gasteiger partial charge in [-0.15, -0.1) is 11.8 Å². The van der Waals surface area contributed by atoms with Gasteiger partial charge < -0.3 is 5.32 Å². The van der Waals surface area contributed by atoms with Gasteiger partial charge in [0.2, 0.25) is 0 Å². The van der Waals surface area contributed by atoms with Crippen LogP contribution >= 0.6 is 11.8 Å². The molecular formula is C17H26FNS. The first-order chi connectivity index (χ1) is 9.65. The second-order valence-electron chi connectivity index (χ2n) is 6.17. The van der Waals surface area contributed by atoms with Crippen LogP contribution in [0, 0.1) is 11.7 Å². The van der Waals surface area contributed by atoms with Crippen LogP contribution < -0.4 is 5.32 Å². The molecule has 1 aliphatic carbocycles. The highest BCUT2D eigenvalue weighted by Gasteiger charge is 2.16. The fraction of sp³-hybridized carbons (Fsp3) is 0.647. The molecule has 0 saturated heterocycles. The molecular weight excluding hydrogens is 269 g/mol. The standard InChI is InChI=1S/C17H26FNS/c1-13(2)11-19-12-14-8-9-17(16(18)10-14)20-15-6-4-3-5-7-15/h8-10,13,15,19H,3-7,11-12H2,1-2H3. The van der Waals surface area contributed by atoms with E-state index in [0.29, 0.717) is 11.2 Å². The summed E-state index contributed by atoms with van der Waals surface area (Å²) in [4.78, 5) is 0.824. The van der Waals surface area contributed by atoms with Crippen LogP contribution in [0.3, 0.4) is 0 Å². The molecule has 0 aromatic heterocycles. The molecule has 0 aliphatic heterocycles. The quantitative estimate of drug-likeness (QED) is 0.793. The Labute approximate surface area is 126 Å². The summed E-state index contributed by atoms with van der Waals surface area (Å²) in [5, 5.41) is 3.97. The minimum Gasteiger partial charge on any atom is -0.312 e. The fourth-order valence-corrected chi connectivity index (χ4v) is 3.86. The molecule has 1 saturated carbocycles. The van der Waals surface area contributed by atoms with Crippen LogP contribution in [0.2, 0.25) is 0 Å². The average Bonchev–Trinajstić information content (AvgIpc) is 2.42. The zero-order chi connectivity index (χ0) is 14.4. The molecule has 1 N–H and O–H groups in total. The van der Waals surface area contributed by atoms with Gasteiger partial charge in [0.1, 0.15) is 5.82 Å². The Morgan fingerprint density at radius 1 is 1.25 bits per heavy atom. The Balaban J connectivity index is 1.88. The molecule has 1 nitrogen and oxygen atoms in total. The third-order valence-electron chi connectivity index (χ3n) is 3.72. The normalized spacial score (nSPS) is 16.8. The van der Waals surface area contributed by atoms with Gasteiger partial charge in [-0.05, 0) is 43.0 Å². The predicted octanol–water partition coefficient (Wildman–Crippen LogP) is 5.00. The first kappa shape index (κ1) is 15.8. The highest BCUT2D eigenvalue weighted by atomic mass is 32.2. The maximum Gasteiger partial charge on any atom is 0.137 e. The van der Waals surface area contributed by atoms with E-state index in [-0.39, 0.29) is 5.82 Å². The lowest BCUT2D eigenvalue weighted by molar-refractivity contribution is 0.514. The summed E-state index contributed by atoms with van der Waals surface area (Å²) in [7, 11) is 0. The Morgan fingerprint density at radius 2 is 2.00 bits per heavy atom. The SMILES string of the molecule is CC(C)CNCc1ccc(SC2CCCCC2)c(F)c1. The predicted molar refractivity (Wildman–Crippen MR) is 85.7 cm³/mol. The second-order valence-corrected chi connectivity index (χ2v) is 7.51. The fourth-order valence-electron chi connectivity index (χ4n) is 2.62. The molecule has 1 aromatic rings. The summed E-state index contributed by atoms with van der Waals surface area (Å²) < 4.78 is 14.1. The van der Waals surface area contributed by atoms with Crippen molar-refractivity contribution in [1.29, 1.82) is 0 Å². The zero-order valence-corrected chi connectivity index (χ0v) is 13.4.